The number of benzene rings is 2. The molecule has 2 aromatic carbocycles. The number of H-pyrrole nitrogens is 1. The fourth-order valence-corrected chi connectivity index (χ4v) is 3.36. The number of hydrogen-bond acceptors (Lipinski definition) is 5. The number of aromatic amines is 1. The molecule has 0 bridgehead atoms. The van der Waals surface area contributed by atoms with Gasteiger partial charge >= 0.3 is 5.69 Å². The Hall–Kier alpha value is -4.18. The molecule has 0 aliphatic carbocycles. The van der Waals surface area contributed by atoms with Crippen molar-refractivity contribution >= 4 is 16.9 Å². The van der Waals surface area contributed by atoms with Gasteiger partial charge in [-0.15, -0.1) is 0 Å². The van der Waals surface area contributed by atoms with Gasteiger partial charge in [-0.05, 0) is 18.1 Å². The van der Waals surface area contributed by atoms with Gasteiger partial charge in [0.15, 0.2) is 5.65 Å². The SMILES string of the molecule is Cc1ccc(-c2c(C#N)c(N)nc3c2c(=O)[nH]c(=O)n3Cc2ccccc2)cc1. The van der Waals surface area contributed by atoms with Gasteiger partial charge in [0.25, 0.3) is 5.56 Å². The van der Waals surface area contributed by atoms with Crippen LogP contribution in [0.3, 0.4) is 0 Å². The molecule has 0 aliphatic heterocycles. The van der Waals surface area contributed by atoms with Crippen LogP contribution in [0.15, 0.2) is 64.2 Å². The second-order valence-electron chi connectivity index (χ2n) is 6.75. The lowest BCUT2D eigenvalue weighted by Gasteiger charge is -2.14. The van der Waals surface area contributed by atoms with Crippen LogP contribution in [0.1, 0.15) is 16.7 Å². The molecule has 0 saturated heterocycles. The van der Waals surface area contributed by atoms with E-state index >= 15 is 0 Å². The summed E-state index contributed by atoms with van der Waals surface area (Å²) in [5.41, 5.74) is 8.06. The Morgan fingerprint density at radius 2 is 1.79 bits per heavy atom. The number of hydrogen-bond donors (Lipinski definition) is 2. The largest absolute Gasteiger partial charge is 0.383 e. The molecule has 7 heteroatoms. The molecule has 0 unspecified atom stereocenters. The van der Waals surface area contributed by atoms with Crippen LogP contribution in [0.25, 0.3) is 22.2 Å². The fourth-order valence-electron chi connectivity index (χ4n) is 3.36. The van der Waals surface area contributed by atoms with Gasteiger partial charge in [-0.2, -0.15) is 5.26 Å². The minimum atomic E-state index is -0.603. The number of aryl methyl sites for hydroxylation is 1. The molecule has 0 fully saturated rings. The zero-order valence-electron chi connectivity index (χ0n) is 15.6. The molecule has 29 heavy (non-hydrogen) atoms. The highest BCUT2D eigenvalue weighted by Gasteiger charge is 2.21. The molecule has 0 saturated carbocycles. The van der Waals surface area contributed by atoms with Crippen LogP contribution in [0.2, 0.25) is 0 Å². The Balaban J connectivity index is 2.11. The minimum Gasteiger partial charge on any atom is -0.383 e. The number of nitrogens with one attached hydrogen (secondary N) is 1. The number of pyridine rings is 1. The van der Waals surface area contributed by atoms with Crippen LogP contribution in [0.5, 0.6) is 0 Å². The summed E-state index contributed by atoms with van der Waals surface area (Å²) in [6, 6.07) is 18.8. The zero-order chi connectivity index (χ0) is 20.5. The third-order valence-electron chi connectivity index (χ3n) is 4.79. The standard InChI is InChI=1S/C22H17N5O2/c1-13-7-9-15(10-8-13)17-16(11-23)19(24)25-20-18(17)21(28)26-22(29)27(20)12-14-5-3-2-4-6-14/h2-10H,12H2,1H3,(H2,24,25)(H,26,28,29). The van der Waals surface area contributed by atoms with Crippen LogP contribution in [0.4, 0.5) is 5.82 Å². The number of anilines is 1. The van der Waals surface area contributed by atoms with E-state index in [1.807, 2.05) is 61.5 Å². The molecule has 4 rings (SSSR count). The van der Waals surface area contributed by atoms with E-state index in [1.54, 1.807) is 0 Å². The topological polar surface area (TPSA) is 118 Å². The van der Waals surface area contributed by atoms with Crippen molar-refractivity contribution in [3.8, 4) is 17.2 Å². The molecule has 4 aromatic rings. The Labute approximate surface area is 165 Å². The third kappa shape index (κ3) is 3.17. The number of nitrogens with zero attached hydrogens (tertiary/aromatic N) is 3. The first kappa shape index (κ1) is 18.2. The van der Waals surface area contributed by atoms with E-state index in [1.165, 1.54) is 4.57 Å². The maximum atomic E-state index is 12.8. The summed E-state index contributed by atoms with van der Waals surface area (Å²) in [6.45, 7) is 2.15. The van der Waals surface area contributed by atoms with Gasteiger partial charge in [0.1, 0.15) is 17.5 Å². The van der Waals surface area contributed by atoms with Crippen molar-refractivity contribution in [3.05, 3.63) is 92.1 Å². The lowest BCUT2D eigenvalue weighted by atomic mass is 9.97. The second kappa shape index (κ2) is 7.09. The average molecular weight is 383 g/mol. The van der Waals surface area contributed by atoms with E-state index in [9.17, 15) is 14.9 Å². The van der Waals surface area contributed by atoms with Crippen LogP contribution < -0.4 is 17.0 Å². The maximum Gasteiger partial charge on any atom is 0.330 e. The van der Waals surface area contributed by atoms with Crippen molar-refractivity contribution in [1.82, 2.24) is 14.5 Å². The smallest absolute Gasteiger partial charge is 0.330 e. The number of fused-ring (bicyclic) bond motifs is 1. The van der Waals surface area contributed by atoms with E-state index < -0.39 is 11.2 Å². The first-order valence-corrected chi connectivity index (χ1v) is 8.97. The van der Waals surface area contributed by atoms with Gasteiger partial charge in [-0.3, -0.25) is 14.3 Å². The number of rotatable bonds is 3. The lowest BCUT2D eigenvalue weighted by molar-refractivity contribution is 0.747. The van der Waals surface area contributed by atoms with Crippen molar-refractivity contribution in [2.45, 2.75) is 13.5 Å². The molecule has 0 atom stereocenters. The number of nitrogens with two attached hydrogens (primary N) is 1. The average Bonchev–Trinajstić information content (AvgIpc) is 2.71. The second-order valence-corrected chi connectivity index (χ2v) is 6.75. The van der Waals surface area contributed by atoms with E-state index in [0.29, 0.717) is 11.1 Å². The quantitative estimate of drug-likeness (QED) is 0.564. The van der Waals surface area contributed by atoms with Crippen LogP contribution in [0, 0.1) is 18.3 Å². The number of nitriles is 1. The Kier molecular flexibility index (Phi) is 4.45. The molecular formula is C22H17N5O2. The highest BCUT2D eigenvalue weighted by molar-refractivity contribution is 5.97. The first-order valence-electron chi connectivity index (χ1n) is 8.97. The molecule has 0 amide bonds. The number of aromatic nitrogens is 3. The Bertz CT molecular complexity index is 1380. The summed E-state index contributed by atoms with van der Waals surface area (Å²) in [4.78, 5) is 32.0. The third-order valence-corrected chi connectivity index (χ3v) is 4.79. The van der Waals surface area contributed by atoms with Crippen LogP contribution in [-0.2, 0) is 6.54 Å². The predicted molar refractivity (Wildman–Crippen MR) is 111 cm³/mol. The Morgan fingerprint density at radius 1 is 1.10 bits per heavy atom. The summed E-state index contributed by atoms with van der Waals surface area (Å²) in [6.07, 6.45) is 0. The molecule has 0 radical (unpaired) electrons. The highest BCUT2D eigenvalue weighted by atomic mass is 16.2. The highest BCUT2D eigenvalue weighted by Crippen LogP contribution is 2.31. The molecular weight excluding hydrogens is 366 g/mol. The van der Waals surface area contributed by atoms with Crippen molar-refractivity contribution in [1.29, 1.82) is 5.26 Å². The maximum absolute atomic E-state index is 12.8. The van der Waals surface area contributed by atoms with Crippen molar-refractivity contribution in [2.75, 3.05) is 5.73 Å². The molecule has 2 heterocycles. The van der Waals surface area contributed by atoms with Crippen molar-refractivity contribution in [2.24, 2.45) is 0 Å². The first-order chi connectivity index (χ1) is 14.0. The van der Waals surface area contributed by atoms with Crippen LogP contribution in [-0.4, -0.2) is 14.5 Å². The van der Waals surface area contributed by atoms with Gasteiger partial charge in [0.2, 0.25) is 0 Å². The zero-order valence-corrected chi connectivity index (χ0v) is 15.6. The lowest BCUT2D eigenvalue weighted by Crippen LogP contribution is -2.32. The van der Waals surface area contributed by atoms with Crippen molar-refractivity contribution < 1.29 is 0 Å². The summed E-state index contributed by atoms with van der Waals surface area (Å²) < 4.78 is 1.36. The fraction of sp³-hybridized carbons (Fsp3) is 0.0909. The Morgan fingerprint density at radius 3 is 2.45 bits per heavy atom. The molecule has 0 spiro atoms. The summed E-state index contributed by atoms with van der Waals surface area (Å²) in [5, 5.41) is 9.84. The normalized spacial score (nSPS) is 10.8. The van der Waals surface area contributed by atoms with Gasteiger partial charge in [-0.25, -0.2) is 9.78 Å². The van der Waals surface area contributed by atoms with Gasteiger partial charge in [-0.1, -0.05) is 60.2 Å². The van der Waals surface area contributed by atoms with Crippen LogP contribution >= 0.6 is 0 Å². The van der Waals surface area contributed by atoms with E-state index in [0.717, 1.165) is 11.1 Å². The monoisotopic (exact) mass is 383 g/mol. The summed E-state index contributed by atoms with van der Waals surface area (Å²) in [7, 11) is 0. The van der Waals surface area contributed by atoms with Crippen molar-refractivity contribution in [3.63, 3.8) is 0 Å². The van der Waals surface area contributed by atoms with E-state index in [2.05, 4.69) is 16.0 Å². The summed E-state index contributed by atoms with van der Waals surface area (Å²) >= 11 is 0. The predicted octanol–water partition coefficient (Wildman–Crippen LogP) is 2.56. The molecule has 2 aromatic heterocycles. The number of nitrogen functional groups attached to an aromatic ring is 1. The minimum absolute atomic E-state index is 0.0256. The molecule has 3 N–H and O–H groups in total. The van der Waals surface area contributed by atoms with Gasteiger partial charge in [0.05, 0.1) is 11.9 Å². The molecule has 7 nitrogen and oxygen atoms in total. The summed E-state index contributed by atoms with van der Waals surface area (Å²) in [5.74, 6) is -0.0256. The van der Waals surface area contributed by atoms with E-state index in [-0.39, 0.29) is 29.0 Å². The van der Waals surface area contributed by atoms with Gasteiger partial charge in [0, 0.05) is 5.56 Å². The van der Waals surface area contributed by atoms with E-state index in [4.69, 9.17) is 5.73 Å². The molecule has 0 aliphatic rings. The van der Waals surface area contributed by atoms with Gasteiger partial charge < -0.3 is 5.73 Å². The molecule has 142 valence electrons.